The minimum atomic E-state index is 0.257. The zero-order chi connectivity index (χ0) is 5.82. The molecule has 8 heavy (non-hydrogen) atoms. The van der Waals surface area contributed by atoms with Gasteiger partial charge >= 0.3 is 0 Å². The van der Waals surface area contributed by atoms with Crippen LogP contribution >= 0.6 is 0 Å². The van der Waals surface area contributed by atoms with Crippen LogP contribution < -0.4 is 5.43 Å². The van der Waals surface area contributed by atoms with Gasteiger partial charge in [-0.15, -0.1) is 0 Å². The van der Waals surface area contributed by atoms with Gasteiger partial charge in [-0.25, -0.2) is 5.01 Å². The van der Waals surface area contributed by atoms with Crippen LogP contribution in [0.1, 0.15) is 6.42 Å². The number of nitrogens with zero attached hydrogens (tertiary/aromatic N) is 1. The summed E-state index contributed by atoms with van der Waals surface area (Å²) in [4.78, 5) is 0. The molecule has 2 N–H and O–H groups in total. The molecule has 3 nitrogen and oxygen atoms in total. The van der Waals surface area contributed by atoms with Crippen LogP contribution in [0.25, 0.3) is 0 Å². The summed E-state index contributed by atoms with van der Waals surface area (Å²) < 4.78 is 0. The summed E-state index contributed by atoms with van der Waals surface area (Å²) in [7, 11) is 0. The summed E-state index contributed by atoms with van der Waals surface area (Å²) in [5, 5.41) is 10.5. The highest BCUT2D eigenvalue weighted by Gasteiger charge is 2.07. The number of rotatable bonds is 2. The monoisotopic (exact) mass is 116 g/mol. The standard InChI is InChI=1S/C5H12N2O/c8-5-4-7-3-1-2-6-7/h6,8H,1-5H2. The molecule has 1 heterocycles. The average Bonchev–Trinajstić information content (AvgIpc) is 2.19. The molecule has 0 aliphatic carbocycles. The number of nitrogens with one attached hydrogen (secondary N) is 1. The summed E-state index contributed by atoms with van der Waals surface area (Å²) in [5.74, 6) is 0. The van der Waals surface area contributed by atoms with E-state index in [9.17, 15) is 0 Å². The van der Waals surface area contributed by atoms with Crippen LogP contribution in [0.3, 0.4) is 0 Å². The Kier molecular flexibility index (Phi) is 2.27. The van der Waals surface area contributed by atoms with Crippen molar-refractivity contribution in [3.8, 4) is 0 Å². The fourth-order valence-electron chi connectivity index (χ4n) is 0.898. The Labute approximate surface area is 49.3 Å². The molecule has 0 bridgehead atoms. The van der Waals surface area contributed by atoms with Crippen molar-refractivity contribution in [3.05, 3.63) is 0 Å². The molecule has 0 saturated carbocycles. The van der Waals surface area contributed by atoms with Crippen LogP contribution in [0.5, 0.6) is 0 Å². The average molecular weight is 116 g/mol. The van der Waals surface area contributed by atoms with Gasteiger partial charge in [0.25, 0.3) is 0 Å². The van der Waals surface area contributed by atoms with Gasteiger partial charge in [0, 0.05) is 19.6 Å². The summed E-state index contributed by atoms with van der Waals surface area (Å²) in [6, 6.07) is 0. The Morgan fingerprint density at radius 1 is 1.62 bits per heavy atom. The molecular formula is C5H12N2O. The SMILES string of the molecule is OCCN1CCCN1. The Bertz CT molecular complexity index is 61.4. The smallest absolute Gasteiger partial charge is 0.0572 e. The van der Waals surface area contributed by atoms with Gasteiger partial charge in [0.05, 0.1) is 6.61 Å². The molecule has 0 amide bonds. The maximum atomic E-state index is 8.44. The molecule has 1 aliphatic rings. The molecule has 0 radical (unpaired) electrons. The molecule has 0 unspecified atom stereocenters. The summed E-state index contributed by atoms with van der Waals surface area (Å²) in [6.07, 6.45) is 1.21. The Hall–Kier alpha value is -0.120. The Balaban J connectivity index is 2.06. The van der Waals surface area contributed by atoms with Crippen LogP contribution in [0.15, 0.2) is 0 Å². The summed E-state index contributed by atoms with van der Waals surface area (Å²) in [6.45, 7) is 3.17. The molecule has 0 atom stereocenters. The van der Waals surface area contributed by atoms with Crippen molar-refractivity contribution in [2.75, 3.05) is 26.2 Å². The van der Waals surface area contributed by atoms with Gasteiger partial charge in [-0.1, -0.05) is 0 Å². The second kappa shape index (κ2) is 3.02. The van der Waals surface area contributed by atoms with Crippen LogP contribution in [-0.4, -0.2) is 36.4 Å². The van der Waals surface area contributed by atoms with Crippen molar-refractivity contribution in [1.29, 1.82) is 0 Å². The van der Waals surface area contributed by atoms with E-state index >= 15 is 0 Å². The van der Waals surface area contributed by atoms with E-state index < -0.39 is 0 Å². The highest BCUT2D eigenvalue weighted by molar-refractivity contribution is 4.59. The van der Waals surface area contributed by atoms with Crippen molar-refractivity contribution in [2.45, 2.75) is 6.42 Å². The Morgan fingerprint density at radius 3 is 3.00 bits per heavy atom. The molecule has 1 aliphatic heterocycles. The lowest BCUT2D eigenvalue weighted by atomic mass is 10.5. The maximum absolute atomic E-state index is 8.44. The first-order chi connectivity index (χ1) is 3.93. The zero-order valence-corrected chi connectivity index (χ0v) is 4.93. The van der Waals surface area contributed by atoms with Gasteiger partial charge in [-0.05, 0) is 6.42 Å². The molecule has 0 aromatic heterocycles. The Morgan fingerprint density at radius 2 is 2.50 bits per heavy atom. The maximum Gasteiger partial charge on any atom is 0.0572 e. The predicted molar refractivity (Wildman–Crippen MR) is 31.3 cm³/mol. The lowest BCUT2D eigenvalue weighted by Gasteiger charge is -2.11. The second-order valence-corrected chi connectivity index (χ2v) is 1.97. The molecule has 0 aromatic rings. The predicted octanol–water partition coefficient (Wildman–Crippen LogP) is -0.811. The molecular weight excluding hydrogens is 104 g/mol. The van der Waals surface area contributed by atoms with Crippen LogP contribution in [-0.2, 0) is 0 Å². The number of aliphatic hydroxyl groups is 1. The highest BCUT2D eigenvalue weighted by Crippen LogP contribution is 1.92. The van der Waals surface area contributed by atoms with E-state index in [1.54, 1.807) is 0 Å². The molecule has 3 heteroatoms. The topological polar surface area (TPSA) is 35.5 Å². The quantitative estimate of drug-likeness (QED) is 0.495. The van der Waals surface area contributed by atoms with E-state index in [2.05, 4.69) is 5.43 Å². The number of hydrogen-bond donors (Lipinski definition) is 2. The molecule has 48 valence electrons. The third kappa shape index (κ3) is 1.43. The van der Waals surface area contributed by atoms with E-state index in [4.69, 9.17) is 5.11 Å². The van der Waals surface area contributed by atoms with Gasteiger partial charge in [0.2, 0.25) is 0 Å². The fourth-order valence-corrected chi connectivity index (χ4v) is 0.898. The van der Waals surface area contributed by atoms with Crippen molar-refractivity contribution in [1.82, 2.24) is 10.4 Å². The van der Waals surface area contributed by atoms with Crippen molar-refractivity contribution < 1.29 is 5.11 Å². The molecule has 0 aromatic carbocycles. The second-order valence-electron chi connectivity index (χ2n) is 1.97. The first-order valence-electron chi connectivity index (χ1n) is 3.03. The molecule has 1 fully saturated rings. The van der Waals surface area contributed by atoms with Gasteiger partial charge in [-0.3, -0.25) is 5.43 Å². The normalized spacial score (nSPS) is 22.1. The van der Waals surface area contributed by atoms with Gasteiger partial charge in [0.1, 0.15) is 0 Å². The largest absolute Gasteiger partial charge is 0.395 e. The molecule has 1 rings (SSSR count). The minimum absolute atomic E-state index is 0.257. The highest BCUT2D eigenvalue weighted by atomic mass is 16.3. The summed E-state index contributed by atoms with van der Waals surface area (Å²) >= 11 is 0. The fraction of sp³-hybridized carbons (Fsp3) is 1.00. The number of hydrogen-bond acceptors (Lipinski definition) is 3. The van der Waals surface area contributed by atoms with E-state index in [1.165, 1.54) is 6.42 Å². The number of β-amino-alcohol motifs (C(OH)–C–C–N with tert-alkyl or cyclic N) is 1. The first kappa shape index (κ1) is 6.01. The van der Waals surface area contributed by atoms with E-state index in [0.29, 0.717) is 0 Å². The number of hydrazine groups is 1. The molecule has 0 spiro atoms. The van der Waals surface area contributed by atoms with E-state index in [-0.39, 0.29) is 6.61 Å². The molecule has 1 saturated heterocycles. The first-order valence-corrected chi connectivity index (χ1v) is 3.03. The van der Waals surface area contributed by atoms with E-state index in [0.717, 1.165) is 19.6 Å². The van der Waals surface area contributed by atoms with Gasteiger partial charge < -0.3 is 5.11 Å². The third-order valence-electron chi connectivity index (χ3n) is 1.31. The lowest BCUT2D eigenvalue weighted by molar-refractivity contribution is 0.182. The summed E-state index contributed by atoms with van der Waals surface area (Å²) in [5.41, 5.74) is 3.13. The van der Waals surface area contributed by atoms with Crippen LogP contribution in [0.4, 0.5) is 0 Å². The van der Waals surface area contributed by atoms with Crippen LogP contribution in [0.2, 0.25) is 0 Å². The van der Waals surface area contributed by atoms with Crippen molar-refractivity contribution in [2.24, 2.45) is 0 Å². The van der Waals surface area contributed by atoms with Gasteiger partial charge in [-0.2, -0.15) is 0 Å². The zero-order valence-electron chi connectivity index (χ0n) is 4.93. The minimum Gasteiger partial charge on any atom is -0.395 e. The van der Waals surface area contributed by atoms with Crippen molar-refractivity contribution >= 4 is 0 Å². The number of aliphatic hydroxyl groups excluding tert-OH is 1. The van der Waals surface area contributed by atoms with Crippen LogP contribution in [0, 0.1) is 0 Å². The van der Waals surface area contributed by atoms with Gasteiger partial charge in [0.15, 0.2) is 0 Å². The lowest BCUT2D eigenvalue weighted by Crippen LogP contribution is -2.33. The van der Waals surface area contributed by atoms with Crippen molar-refractivity contribution in [3.63, 3.8) is 0 Å². The van der Waals surface area contributed by atoms with E-state index in [1.807, 2.05) is 5.01 Å². The third-order valence-corrected chi connectivity index (χ3v) is 1.31.